The van der Waals surface area contributed by atoms with Crippen LogP contribution in [0.15, 0.2) is 12.4 Å². The van der Waals surface area contributed by atoms with Gasteiger partial charge in [0.2, 0.25) is 11.8 Å². The zero-order chi connectivity index (χ0) is 14.4. The lowest BCUT2D eigenvalue weighted by molar-refractivity contribution is -0.127. The van der Waals surface area contributed by atoms with Gasteiger partial charge in [-0.3, -0.25) is 9.59 Å². The predicted molar refractivity (Wildman–Crippen MR) is 71.0 cm³/mol. The van der Waals surface area contributed by atoms with Crippen LogP contribution < -0.4 is 16.4 Å². The Hall–Kier alpha value is -1.89. The van der Waals surface area contributed by atoms with Gasteiger partial charge in [-0.15, -0.1) is 0 Å². The number of carbonyl (C=O) groups excluding carboxylic acids is 2. The molecule has 0 saturated heterocycles. The number of H-pyrrole nitrogens is 1. The predicted octanol–water partition coefficient (Wildman–Crippen LogP) is -0.314. The molecule has 2 atom stereocenters. The standard InChI is InChI=1S/C12H21N5O2/c1-7(2)10(13)12(19)16-6-9(18)17-8(3)11-14-4-5-15-11/h4-5,7-8,10H,6,13H2,1-3H3,(H,14,15)(H,16,19)(H,17,18)/t8?,10-/m0/s1. The Morgan fingerprint density at radius 3 is 2.63 bits per heavy atom. The van der Waals surface area contributed by atoms with Gasteiger partial charge in [0.1, 0.15) is 5.82 Å². The van der Waals surface area contributed by atoms with E-state index in [-0.39, 0.29) is 30.3 Å². The summed E-state index contributed by atoms with van der Waals surface area (Å²) in [6.45, 7) is 5.41. The average molecular weight is 267 g/mol. The van der Waals surface area contributed by atoms with Crippen molar-refractivity contribution in [3.8, 4) is 0 Å². The van der Waals surface area contributed by atoms with Crippen LogP contribution in [0.5, 0.6) is 0 Å². The number of nitrogens with one attached hydrogen (secondary N) is 3. The van der Waals surface area contributed by atoms with E-state index in [2.05, 4.69) is 20.6 Å². The molecule has 0 aliphatic rings. The van der Waals surface area contributed by atoms with Gasteiger partial charge in [-0.2, -0.15) is 0 Å². The summed E-state index contributed by atoms with van der Waals surface area (Å²) in [5.41, 5.74) is 5.67. The molecule has 5 N–H and O–H groups in total. The SMILES string of the molecule is CC(NC(=O)CNC(=O)[C@@H](N)C(C)C)c1ncc[nH]1. The molecule has 2 amide bonds. The van der Waals surface area contributed by atoms with Gasteiger partial charge in [0, 0.05) is 12.4 Å². The number of amides is 2. The molecule has 0 aliphatic heterocycles. The normalized spacial score (nSPS) is 13.9. The summed E-state index contributed by atoms with van der Waals surface area (Å²) in [6, 6.07) is -0.839. The third-order valence-electron chi connectivity index (χ3n) is 2.75. The topological polar surface area (TPSA) is 113 Å². The number of nitrogens with zero attached hydrogens (tertiary/aromatic N) is 1. The molecule has 0 saturated carbocycles. The Morgan fingerprint density at radius 2 is 2.11 bits per heavy atom. The Morgan fingerprint density at radius 1 is 1.42 bits per heavy atom. The number of nitrogens with two attached hydrogens (primary N) is 1. The van der Waals surface area contributed by atoms with E-state index in [4.69, 9.17) is 5.73 Å². The van der Waals surface area contributed by atoms with Crippen molar-refractivity contribution in [2.75, 3.05) is 6.54 Å². The first-order chi connectivity index (χ1) is 8.91. The number of hydrogen-bond donors (Lipinski definition) is 4. The highest BCUT2D eigenvalue weighted by Gasteiger charge is 2.18. The smallest absolute Gasteiger partial charge is 0.239 e. The van der Waals surface area contributed by atoms with Crippen molar-refractivity contribution in [1.29, 1.82) is 0 Å². The molecule has 1 rings (SSSR count). The lowest BCUT2D eigenvalue weighted by Gasteiger charge is -2.16. The molecule has 1 aromatic heterocycles. The Kier molecular flexibility index (Phi) is 5.50. The highest BCUT2D eigenvalue weighted by Crippen LogP contribution is 2.04. The van der Waals surface area contributed by atoms with E-state index >= 15 is 0 Å². The molecule has 0 spiro atoms. The van der Waals surface area contributed by atoms with Crippen LogP contribution in [-0.2, 0) is 9.59 Å². The second-order valence-corrected chi connectivity index (χ2v) is 4.75. The summed E-state index contributed by atoms with van der Waals surface area (Å²) in [6.07, 6.45) is 3.29. The molecule has 1 aromatic rings. The van der Waals surface area contributed by atoms with Gasteiger partial charge in [-0.1, -0.05) is 13.8 Å². The van der Waals surface area contributed by atoms with Crippen LogP contribution in [0, 0.1) is 5.92 Å². The Bertz CT molecular complexity index is 416. The molecular formula is C12H21N5O2. The molecule has 0 aromatic carbocycles. The lowest BCUT2D eigenvalue weighted by Crippen LogP contribution is -2.47. The maximum Gasteiger partial charge on any atom is 0.239 e. The van der Waals surface area contributed by atoms with Crippen LogP contribution in [0.2, 0.25) is 0 Å². The molecule has 1 unspecified atom stereocenters. The van der Waals surface area contributed by atoms with Gasteiger partial charge in [0.15, 0.2) is 0 Å². The minimum Gasteiger partial charge on any atom is -0.347 e. The fourth-order valence-corrected chi connectivity index (χ4v) is 1.46. The van der Waals surface area contributed by atoms with Crippen LogP contribution in [0.25, 0.3) is 0 Å². The largest absolute Gasteiger partial charge is 0.347 e. The van der Waals surface area contributed by atoms with E-state index in [9.17, 15) is 9.59 Å². The number of carbonyl (C=O) groups is 2. The Labute approximate surface area is 112 Å². The number of aromatic amines is 1. The highest BCUT2D eigenvalue weighted by molar-refractivity contribution is 5.87. The van der Waals surface area contributed by atoms with Crippen molar-refractivity contribution in [1.82, 2.24) is 20.6 Å². The van der Waals surface area contributed by atoms with E-state index in [0.29, 0.717) is 5.82 Å². The van der Waals surface area contributed by atoms with E-state index in [0.717, 1.165) is 0 Å². The number of aromatic nitrogens is 2. The monoisotopic (exact) mass is 267 g/mol. The molecule has 0 fully saturated rings. The summed E-state index contributed by atoms with van der Waals surface area (Å²) in [4.78, 5) is 30.2. The molecule has 0 aliphatic carbocycles. The number of imidazole rings is 1. The van der Waals surface area contributed by atoms with Gasteiger partial charge in [-0.25, -0.2) is 4.98 Å². The Balaban J connectivity index is 2.34. The molecule has 106 valence electrons. The van der Waals surface area contributed by atoms with Crippen LogP contribution in [-0.4, -0.2) is 34.4 Å². The zero-order valence-electron chi connectivity index (χ0n) is 11.4. The minimum atomic E-state index is -0.602. The van der Waals surface area contributed by atoms with Gasteiger partial charge >= 0.3 is 0 Å². The fourth-order valence-electron chi connectivity index (χ4n) is 1.46. The maximum absolute atomic E-state index is 11.6. The maximum atomic E-state index is 11.6. The average Bonchev–Trinajstić information content (AvgIpc) is 2.88. The number of hydrogen-bond acceptors (Lipinski definition) is 4. The molecule has 7 nitrogen and oxygen atoms in total. The van der Waals surface area contributed by atoms with E-state index < -0.39 is 6.04 Å². The highest BCUT2D eigenvalue weighted by atomic mass is 16.2. The van der Waals surface area contributed by atoms with Crippen molar-refractivity contribution in [2.24, 2.45) is 11.7 Å². The fraction of sp³-hybridized carbons (Fsp3) is 0.583. The second-order valence-electron chi connectivity index (χ2n) is 4.75. The molecular weight excluding hydrogens is 246 g/mol. The summed E-state index contributed by atoms with van der Waals surface area (Å²) in [7, 11) is 0. The summed E-state index contributed by atoms with van der Waals surface area (Å²) in [5, 5.41) is 5.23. The molecule has 7 heteroatoms. The number of rotatable bonds is 6. The van der Waals surface area contributed by atoms with Crippen LogP contribution in [0.3, 0.4) is 0 Å². The summed E-state index contributed by atoms with van der Waals surface area (Å²) in [5.74, 6) is 0.0904. The summed E-state index contributed by atoms with van der Waals surface area (Å²) < 4.78 is 0. The lowest BCUT2D eigenvalue weighted by atomic mass is 10.1. The summed E-state index contributed by atoms with van der Waals surface area (Å²) >= 11 is 0. The van der Waals surface area contributed by atoms with Gasteiger partial charge in [0.25, 0.3) is 0 Å². The third kappa shape index (κ3) is 4.70. The minimum absolute atomic E-state index is 0.0325. The van der Waals surface area contributed by atoms with Gasteiger partial charge in [-0.05, 0) is 12.8 Å². The van der Waals surface area contributed by atoms with Crippen molar-refractivity contribution >= 4 is 11.8 Å². The zero-order valence-corrected chi connectivity index (χ0v) is 11.4. The van der Waals surface area contributed by atoms with Crippen LogP contribution in [0.1, 0.15) is 32.6 Å². The second kappa shape index (κ2) is 6.89. The first-order valence-electron chi connectivity index (χ1n) is 6.23. The van der Waals surface area contributed by atoms with Crippen molar-refractivity contribution in [3.63, 3.8) is 0 Å². The quantitative estimate of drug-likeness (QED) is 0.566. The van der Waals surface area contributed by atoms with Crippen molar-refractivity contribution in [2.45, 2.75) is 32.9 Å². The van der Waals surface area contributed by atoms with Crippen LogP contribution >= 0.6 is 0 Å². The first-order valence-corrected chi connectivity index (χ1v) is 6.23. The van der Waals surface area contributed by atoms with Crippen molar-refractivity contribution < 1.29 is 9.59 Å². The van der Waals surface area contributed by atoms with Crippen molar-refractivity contribution in [3.05, 3.63) is 18.2 Å². The van der Waals surface area contributed by atoms with Gasteiger partial charge in [0.05, 0.1) is 18.6 Å². The van der Waals surface area contributed by atoms with Gasteiger partial charge < -0.3 is 21.4 Å². The molecule has 0 bridgehead atoms. The third-order valence-corrected chi connectivity index (χ3v) is 2.75. The molecule has 1 heterocycles. The molecule has 0 radical (unpaired) electrons. The first kappa shape index (κ1) is 15.2. The van der Waals surface area contributed by atoms with E-state index in [1.165, 1.54) is 0 Å². The molecule has 19 heavy (non-hydrogen) atoms. The van der Waals surface area contributed by atoms with E-state index in [1.54, 1.807) is 19.3 Å². The van der Waals surface area contributed by atoms with Crippen LogP contribution in [0.4, 0.5) is 0 Å². The van der Waals surface area contributed by atoms with E-state index in [1.807, 2.05) is 13.8 Å².